The van der Waals surface area contributed by atoms with Gasteiger partial charge >= 0.3 is 6.09 Å². The van der Waals surface area contributed by atoms with E-state index in [1.165, 1.54) is 5.56 Å². The normalized spacial score (nSPS) is 22.9. The van der Waals surface area contributed by atoms with Crippen LogP contribution in [0.15, 0.2) is 6.20 Å². The molecule has 2 heterocycles. The number of hydrogen-bond acceptors (Lipinski definition) is 6. The lowest BCUT2D eigenvalue weighted by molar-refractivity contribution is -0.130. The topological polar surface area (TPSA) is 97.7 Å². The predicted molar refractivity (Wildman–Crippen MR) is 163 cm³/mol. The fraction of sp³-hybridized carbons (Fsp3) is 0.844. The van der Waals surface area contributed by atoms with E-state index in [1.54, 1.807) is 11.9 Å². The van der Waals surface area contributed by atoms with Gasteiger partial charge in [0.1, 0.15) is 11.8 Å². The Morgan fingerprint density at radius 1 is 1.20 bits per heavy atom. The number of rotatable bonds is 12. The van der Waals surface area contributed by atoms with Gasteiger partial charge in [-0.2, -0.15) is 5.10 Å². The molecule has 1 aromatic rings. The van der Waals surface area contributed by atoms with Gasteiger partial charge in [0.25, 0.3) is 0 Å². The van der Waals surface area contributed by atoms with Crippen LogP contribution in [0, 0.1) is 17.3 Å². The lowest BCUT2D eigenvalue weighted by atomic mass is 9.64. The van der Waals surface area contributed by atoms with Crippen molar-refractivity contribution < 1.29 is 19.1 Å². The van der Waals surface area contributed by atoms with Gasteiger partial charge in [0.05, 0.1) is 5.69 Å². The maximum Gasteiger partial charge on any atom is 0.410 e. The Kier molecular flexibility index (Phi) is 12.1. The first-order valence-electron chi connectivity index (χ1n) is 15.9. The summed E-state index contributed by atoms with van der Waals surface area (Å²) in [5.41, 5.74) is 1.83. The van der Waals surface area contributed by atoms with Crippen LogP contribution in [-0.2, 0) is 20.7 Å². The lowest BCUT2D eigenvalue weighted by Gasteiger charge is -2.41. The highest BCUT2D eigenvalue weighted by Crippen LogP contribution is 2.47. The molecule has 1 unspecified atom stereocenters. The first kappa shape index (κ1) is 33.4. The zero-order chi connectivity index (χ0) is 30.2. The van der Waals surface area contributed by atoms with Crippen LogP contribution in [0.2, 0.25) is 0 Å². The van der Waals surface area contributed by atoms with Gasteiger partial charge in [-0.3, -0.25) is 4.79 Å². The third-order valence-corrected chi connectivity index (χ3v) is 8.52. The minimum atomic E-state index is -0.501. The molecule has 0 radical (unpaired) electrons. The predicted octanol–water partition coefficient (Wildman–Crippen LogP) is 5.65. The summed E-state index contributed by atoms with van der Waals surface area (Å²) in [7, 11) is 1.77. The first-order chi connectivity index (χ1) is 19.3. The molecule has 1 aliphatic heterocycles. The van der Waals surface area contributed by atoms with Crippen molar-refractivity contribution in [3.8, 4) is 0 Å². The molecule has 9 nitrogen and oxygen atoms in total. The Bertz CT molecular complexity index is 977. The molecule has 3 atom stereocenters. The smallest absolute Gasteiger partial charge is 0.410 e. The summed E-state index contributed by atoms with van der Waals surface area (Å²) in [5, 5.41) is 11.9. The second-order valence-corrected chi connectivity index (χ2v) is 14.2. The minimum Gasteiger partial charge on any atom is -0.444 e. The number of amides is 2. The van der Waals surface area contributed by atoms with E-state index in [9.17, 15) is 9.59 Å². The Morgan fingerprint density at radius 3 is 2.61 bits per heavy atom. The van der Waals surface area contributed by atoms with Crippen molar-refractivity contribution in [1.82, 2.24) is 25.3 Å². The maximum absolute atomic E-state index is 13.3. The molecule has 1 saturated carbocycles. The van der Waals surface area contributed by atoms with E-state index in [2.05, 4.69) is 44.5 Å². The maximum atomic E-state index is 13.3. The molecular weight excluding hydrogens is 518 g/mol. The highest BCUT2D eigenvalue weighted by molar-refractivity contribution is 5.79. The number of aromatic nitrogens is 2. The fourth-order valence-electron chi connectivity index (χ4n) is 5.84. The molecule has 9 heteroatoms. The molecule has 1 aromatic heterocycles. The zero-order valence-electron chi connectivity index (χ0n) is 27.1. The number of likely N-dealkylation sites (N-methyl/N-ethyl adjacent to an activating group) is 1. The van der Waals surface area contributed by atoms with E-state index in [-0.39, 0.29) is 35.5 Å². The van der Waals surface area contributed by atoms with Crippen LogP contribution in [0.1, 0.15) is 117 Å². The molecule has 1 aliphatic carbocycles. The Morgan fingerprint density at radius 2 is 1.95 bits per heavy atom. The Hall–Kier alpha value is -2.13. The second kappa shape index (κ2) is 14.9. The van der Waals surface area contributed by atoms with Crippen molar-refractivity contribution in [1.29, 1.82) is 0 Å². The largest absolute Gasteiger partial charge is 0.444 e. The number of nitrogens with zero attached hydrogens (tertiary/aromatic N) is 3. The van der Waals surface area contributed by atoms with Crippen LogP contribution >= 0.6 is 0 Å². The van der Waals surface area contributed by atoms with Crippen molar-refractivity contribution in [2.45, 2.75) is 118 Å². The van der Waals surface area contributed by atoms with Crippen molar-refractivity contribution in [2.24, 2.45) is 17.3 Å². The third kappa shape index (κ3) is 10.3. The van der Waals surface area contributed by atoms with Gasteiger partial charge < -0.3 is 25.0 Å². The van der Waals surface area contributed by atoms with E-state index in [0.29, 0.717) is 19.0 Å². The summed E-state index contributed by atoms with van der Waals surface area (Å²) in [5.74, 6) is 0.982. The monoisotopic (exact) mass is 575 g/mol. The standard InChI is InChI=1S/C32H57N5O4/c1-23(2)13-17-34-29(38)26-21-24(12-15-32(26,6)7)28-25(22-37(35-28)27-11-9-10-20-40-27)14-16-33-18-19-36(8)30(39)41-31(3,4)5/h22-24,26-27,33H,9-21H2,1-8H3,(H,34,38)/t24-,26+,27?/m1/s1. The fourth-order valence-corrected chi connectivity index (χ4v) is 5.84. The summed E-state index contributed by atoms with van der Waals surface area (Å²) in [4.78, 5) is 27.2. The van der Waals surface area contributed by atoms with Crippen LogP contribution < -0.4 is 10.6 Å². The summed E-state index contributed by atoms with van der Waals surface area (Å²) < 4.78 is 13.6. The van der Waals surface area contributed by atoms with Crippen LogP contribution in [0.5, 0.6) is 0 Å². The van der Waals surface area contributed by atoms with Gasteiger partial charge in [0.15, 0.2) is 0 Å². The van der Waals surface area contributed by atoms with E-state index in [4.69, 9.17) is 14.6 Å². The van der Waals surface area contributed by atoms with Crippen molar-refractivity contribution in [3.63, 3.8) is 0 Å². The van der Waals surface area contributed by atoms with Gasteiger partial charge in [0.2, 0.25) is 5.91 Å². The molecule has 0 spiro atoms. The molecule has 1 saturated heterocycles. The Labute approximate surface area is 248 Å². The second-order valence-electron chi connectivity index (χ2n) is 14.2. The quantitative estimate of drug-likeness (QED) is 0.313. The van der Waals surface area contributed by atoms with Crippen molar-refractivity contribution in [3.05, 3.63) is 17.5 Å². The highest BCUT2D eigenvalue weighted by atomic mass is 16.6. The molecular formula is C32H57N5O4. The number of carbonyl (C=O) groups excluding carboxylic acids is 2. The lowest BCUT2D eigenvalue weighted by Crippen LogP contribution is -2.43. The Balaban J connectivity index is 1.65. The summed E-state index contributed by atoms with van der Waals surface area (Å²) in [6, 6.07) is 0. The highest BCUT2D eigenvalue weighted by Gasteiger charge is 2.42. The van der Waals surface area contributed by atoms with E-state index >= 15 is 0 Å². The van der Waals surface area contributed by atoms with Gasteiger partial charge in [0, 0.05) is 51.3 Å². The summed E-state index contributed by atoms with van der Waals surface area (Å²) in [6.45, 7) is 18.0. The number of hydrogen-bond donors (Lipinski definition) is 2. The van der Waals surface area contributed by atoms with Crippen molar-refractivity contribution in [2.75, 3.05) is 39.8 Å². The third-order valence-electron chi connectivity index (χ3n) is 8.52. The first-order valence-corrected chi connectivity index (χ1v) is 15.9. The van der Waals surface area contributed by atoms with Crippen molar-refractivity contribution >= 4 is 12.0 Å². The average Bonchev–Trinajstić information content (AvgIpc) is 3.31. The molecule has 2 fully saturated rings. The summed E-state index contributed by atoms with van der Waals surface area (Å²) >= 11 is 0. The van der Waals surface area contributed by atoms with E-state index in [1.807, 2.05) is 25.5 Å². The molecule has 2 N–H and O–H groups in total. The molecule has 41 heavy (non-hydrogen) atoms. The molecule has 0 bridgehead atoms. The average molecular weight is 576 g/mol. The number of nitrogens with one attached hydrogen (secondary N) is 2. The SMILES string of the molecule is CC(C)CCNC(=O)[C@@H]1C[C@H](c2nn(C3CCCCO3)cc2CCNCCN(C)C(=O)OC(C)(C)C)CCC1(C)C. The molecule has 0 aromatic carbocycles. The van der Waals surface area contributed by atoms with Gasteiger partial charge in [-0.15, -0.1) is 0 Å². The molecule has 3 rings (SSSR count). The van der Waals surface area contributed by atoms with Crippen LogP contribution in [0.3, 0.4) is 0 Å². The molecule has 234 valence electrons. The summed E-state index contributed by atoms with van der Waals surface area (Å²) in [6.07, 6.45) is 9.79. The van der Waals surface area contributed by atoms with Crippen LogP contribution in [0.4, 0.5) is 4.79 Å². The minimum absolute atomic E-state index is 0.0122. The number of carbonyl (C=O) groups is 2. The van der Waals surface area contributed by atoms with E-state index in [0.717, 1.165) is 76.8 Å². The van der Waals surface area contributed by atoms with E-state index < -0.39 is 5.60 Å². The molecule has 2 amide bonds. The van der Waals surface area contributed by atoms with Gasteiger partial charge in [-0.05, 0) is 95.6 Å². The van der Waals surface area contributed by atoms with Gasteiger partial charge in [-0.1, -0.05) is 27.7 Å². The zero-order valence-corrected chi connectivity index (χ0v) is 27.1. The molecule has 2 aliphatic rings. The van der Waals surface area contributed by atoms with Crippen LogP contribution in [-0.4, -0.2) is 72.1 Å². The number of ether oxygens (including phenoxy) is 2. The van der Waals surface area contributed by atoms with Crippen LogP contribution in [0.25, 0.3) is 0 Å². The van der Waals surface area contributed by atoms with Gasteiger partial charge in [-0.25, -0.2) is 9.48 Å².